The fraction of sp³-hybridized carbons (Fsp3) is 0.653. The van der Waals surface area contributed by atoms with Crippen LogP contribution in [0, 0.1) is 17.8 Å². The zero-order chi connectivity index (χ0) is 56.6. The number of thioether (sulfide) groups is 1. The summed E-state index contributed by atoms with van der Waals surface area (Å²) in [6.07, 6.45) is 3.33. The average Bonchev–Trinajstić information content (AvgIpc) is 3.34. The van der Waals surface area contributed by atoms with Gasteiger partial charge in [0.2, 0.25) is 47.3 Å². The lowest BCUT2D eigenvalue weighted by Gasteiger charge is -2.29. The summed E-state index contributed by atoms with van der Waals surface area (Å²) in [6.45, 7) is 9.04. The Morgan fingerprint density at radius 3 is 1.43 bits per heavy atom. The summed E-state index contributed by atoms with van der Waals surface area (Å²) in [7, 11) is 0. The molecule has 0 aliphatic carbocycles. The predicted octanol–water partition coefficient (Wildman–Crippen LogP) is -1.70. The Hall–Kier alpha value is -6.70. The number of carbonyl (C=O) groups excluding carboxylic acids is 8. The molecule has 0 heterocycles. The van der Waals surface area contributed by atoms with Crippen molar-refractivity contribution in [3.63, 3.8) is 0 Å². The number of benzene rings is 1. The van der Waals surface area contributed by atoms with Gasteiger partial charge in [-0.3, -0.25) is 53.1 Å². The fourth-order valence-electron chi connectivity index (χ4n) is 7.59. The number of carbonyl (C=O) groups is 9. The molecule has 1 aromatic carbocycles. The Bertz CT molecular complexity index is 2060. The third-order valence-electron chi connectivity index (χ3n) is 12.0. The molecule has 0 fully saturated rings. The number of primary amides is 1. The van der Waals surface area contributed by atoms with E-state index in [0.717, 1.165) is 0 Å². The van der Waals surface area contributed by atoms with E-state index < -0.39 is 108 Å². The summed E-state index contributed by atoms with van der Waals surface area (Å²) < 4.78 is 0. The number of nitrogens with zero attached hydrogens (tertiary/aromatic N) is 2. The first-order valence-electron chi connectivity index (χ1n) is 25.4. The number of rotatable bonds is 38. The highest BCUT2D eigenvalue weighted by molar-refractivity contribution is 7.98. The monoisotopic (exact) mass is 1080 g/mol. The van der Waals surface area contributed by atoms with Crippen molar-refractivity contribution in [2.24, 2.45) is 62.1 Å². The number of unbranched alkanes of at least 4 members (excludes halogenated alkanes) is 1. The van der Waals surface area contributed by atoms with E-state index in [4.69, 9.17) is 34.4 Å². The summed E-state index contributed by atoms with van der Waals surface area (Å²) in [4.78, 5) is 130. The number of carboxylic acids is 1. The van der Waals surface area contributed by atoms with E-state index in [1.807, 2.05) is 13.2 Å². The van der Waals surface area contributed by atoms with Crippen LogP contribution in [0.25, 0.3) is 0 Å². The summed E-state index contributed by atoms with van der Waals surface area (Å²) in [5.74, 6) is -8.59. The molecule has 8 amide bonds. The molecule has 0 bridgehead atoms. The third kappa shape index (κ3) is 27.4. The van der Waals surface area contributed by atoms with Crippen molar-refractivity contribution in [3.05, 3.63) is 35.9 Å². The van der Waals surface area contributed by atoms with Crippen LogP contribution < -0.4 is 71.6 Å². The molecular weight excluding hydrogens is 991 g/mol. The van der Waals surface area contributed by atoms with Crippen LogP contribution in [-0.2, 0) is 49.6 Å². The van der Waals surface area contributed by atoms with Gasteiger partial charge < -0.3 is 76.7 Å². The van der Waals surface area contributed by atoms with Gasteiger partial charge in [0.05, 0.1) is 6.42 Å². The predicted molar refractivity (Wildman–Crippen MR) is 289 cm³/mol. The number of hydrogen-bond donors (Lipinski definition) is 14. The zero-order valence-electron chi connectivity index (χ0n) is 44.4. The van der Waals surface area contributed by atoms with Gasteiger partial charge >= 0.3 is 5.97 Å². The van der Waals surface area contributed by atoms with Crippen molar-refractivity contribution in [3.8, 4) is 0 Å². The Balaban J connectivity index is 3.61. The summed E-state index contributed by atoms with van der Waals surface area (Å²) in [6, 6.07) is 0.379. The molecule has 25 nitrogen and oxygen atoms in total. The number of amides is 8. The van der Waals surface area contributed by atoms with E-state index >= 15 is 0 Å². The normalized spacial score (nSPS) is 14.6. The van der Waals surface area contributed by atoms with Crippen LogP contribution in [0.5, 0.6) is 0 Å². The molecule has 0 unspecified atom stereocenters. The van der Waals surface area contributed by atoms with Gasteiger partial charge in [-0.15, -0.1) is 0 Å². The van der Waals surface area contributed by atoms with Crippen LogP contribution in [0.15, 0.2) is 40.3 Å². The number of aliphatic carboxylic acids is 1. The minimum atomic E-state index is -1.33. The zero-order valence-corrected chi connectivity index (χ0v) is 45.2. The number of carboxylic acid groups (broad SMARTS) is 1. The minimum absolute atomic E-state index is 0.00670. The van der Waals surface area contributed by atoms with Crippen molar-refractivity contribution < 1.29 is 48.3 Å². The van der Waals surface area contributed by atoms with Crippen LogP contribution in [-0.4, -0.2) is 144 Å². The molecule has 0 saturated carbocycles. The maximum atomic E-state index is 14.4. The number of nitrogens with one attached hydrogen (secondary N) is 7. The highest BCUT2D eigenvalue weighted by Gasteiger charge is 2.35. The van der Waals surface area contributed by atoms with Gasteiger partial charge in [0.15, 0.2) is 11.9 Å². The molecule has 75 heavy (non-hydrogen) atoms. The van der Waals surface area contributed by atoms with Gasteiger partial charge in [0.25, 0.3) is 0 Å². The molecule has 9 atom stereocenters. The SMILES string of the molecule is CC[C@H](C)[C@H](NC(=O)[C@H](Cc1ccccc1)NC(=O)[C@H](CCSC)NC(=O)[C@H](CCCCN)NC(=O)[C@H](CCCN=C(N)N)NC(=O)[C@H](CC(C)C)NC(=O)[C@H](CCCN=C(N)N)NC(=O)[C@@H](C)CC(=O)O)C(N)=O. The molecular formula is C49H85N15O10S. The minimum Gasteiger partial charge on any atom is -0.481 e. The number of nitrogens with two attached hydrogens (primary N) is 6. The Morgan fingerprint density at radius 2 is 1.00 bits per heavy atom. The topological polar surface area (TPSA) is 439 Å². The Morgan fingerprint density at radius 1 is 0.573 bits per heavy atom. The maximum Gasteiger partial charge on any atom is 0.304 e. The first-order chi connectivity index (χ1) is 35.4. The van der Waals surface area contributed by atoms with Crippen LogP contribution in [0.4, 0.5) is 0 Å². The Kier molecular flexibility index (Phi) is 32.1. The number of guanidine groups is 2. The molecule has 0 spiro atoms. The molecule has 0 aliphatic rings. The van der Waals surface area contributed by atoms with Crippen molar-refractivity contribution in [1.82, 2.24) is 37.2 Å². The average molecular weight is 1080 g/mol. The van der Waals surface area contributed by atoms with Gasteiger partial charge in [-0.2, -0.15) is 11.8 Å². The second-order valence-electron chi connectivity index (χ2n) is 18.9. The van der Waals surface area contributed by atoms with E-state index in [2.05, 4.69) is 47.2 Å². The van der Waals surface area contributed by atoms with Gasteiger partial charge in [-0.05, 0) is 93.7 Å². The van der Waals surface area contributed by atoms with Crippen molar-refractivity contribution >= 4 is 76.9 Å². The van der Waals surface area contributed by atoms with Crippen molar-refractivity contribution in [2.45, 2.75) is 154 Å². The van der Waals surface area contributed by atoms with E-state index in [1.165, 1.54) is 18.7 Å². The summed E-state index contributed by atoms with van der Waals surface area (Å²) in [5.41, 5.74) is 34.2. The smallest absolute Gasteiger partial charge is 0.304 e. The molecule has 0 saturated heterocycles. The number of hydrogen-bond acceptors (Lipinski definition) is 13. The second-order valence-corrected chi connectivity index (χ2v) is 19.9. The number of aliphatic imine (C=N–C) groups is 2. The first kappa shape index (κ1) is 66.3. The lowest BCUT2D eigenvalue weighted by Crippen LogP contribution is -2.60. The van der Waals surface area contributed by atoms with Crippen LogP contribution in [0.3, 0.4) is 0 Å². The first-order valence-corrected chi connectivity index (χ1v) is 26.8. The molecule has 26 heteroatoms. The summed E-state index contributed by atoms with van der Waals surface area (Å²) in [5, 5.41) is 28.2. The highest BCUT2D eigenvalue weighted by Crippen LogP contribution is 2.14. The van der Waals surface area contributed by atoms with E-state index in [9.17, 15) is 48.3 Å². The highest BCUT2D eigenvalue weighted by atomic mass is 32.2. The van der Waals surface area contributed by atoms with Crippen LogP contribution in [0.1, 0.15) is 111 Å². The van der Waals surface area contributed by atoms with E-state index in [-0.39, 0.29) is 94.8 Å². The Labute approximate surface area is 444 Å². The quantitative estimate of drug-likeness (QED) is 0.0199. The van der Waals surface area contributed by atoms with Gasteiger partial charge in [0.1, 0.15) is 42.3 Å². The van der Waals surface area contributed by atoms with Crippen LogP contribution >= 0.6 is 11.8 Å². The van der Waals surface area contributed by atoms with Crippen molar-refractivity contribution in [2.75, 3.05) is 31.6 Å². The van der Waals surface area contributed by atoms with Crippen molar-refractivity contribution in [1.29, 1.82) is 0 Å². The molecule has 0 radical (unpaired) electrons. The van der Waals surface area contributed by atoms with Gasteiger partial charge in [-0.1, -0.05) is 71.4 Å². The van der Waals surface area contributed by atoms with Gasteiger partial charge in [-0.25, -0.2) is 0 Å². The molecule has 0 aliphatic heterocycles. The maximum absolute atomic E-state index is 14.4. The second kappa shape index (κ2) is 36.3. The molecule has 1 rings (SSSR count). The third-order valence-corrected chi connectivity index (χ3v) is 12.6. The molecule has 0 aromatic heterocycles. The van der Waals surface area contributed by atoms with Gasteiger partial charge in [0, 0.05) is 25.4 Å². The summed E-state index contributed by atoms with van der Waals surface area (Å²) >= 11 is 1.41. The lowest BCUT2D eigenvalue weighted by atomic mass is 9.97. The molecule has 422 valence electrons. The van der Waals surface area contributed by atoms with E-state index in [0.29, 0.717) is 30.6 Å². The molecule has 20 N–H and O–H groups in total. The van der Waals surface area contributed by atoms with E-state index in [1.54, 1.807) is 51.1 Å². The lowest BCUT2D eigenvalue weighted by molar-refractivity contribution is -0.141. The largest absolute Gasteiger partial charge is 0.481 e. The van der Waals surface area contributed by atoms with Crippen LogP contribution in [0.2, 0.25) is 0 Å². The fourth-order valence-corrected chi connectivity index (χ4v) is 8.06. The molecule has 1 aromatic rings. The standard InChI is InChI=1S/C49H85N15O10S/c1-7-29(4)39(40(51)67)64-47(74)37(27-31-15-9-8-10-16-31)63-45(72)35(20-24-75-6)61-42(69)32(17-11-12-21-50)59-43(70)34(19-14-23-57-49(54)55)60-46(73)36(25-28(2)3)62-44(71)33(18-13-22-56-48(52)53)58-41(68)30(5)26-38(65)66/h8-10,15-16,28-30,32-37,39H,7,11-14,17-27,50H2,1-6H3,(H2,51,67)(H,58,68)(H,59,70)(H,60,73)(H,61,69)(H,62,71)(H,63,72)(H,64,74)(H,65,66)(H4,52,53,56)(H4,54,55,57)/t29-,30-,32-,33-,34-,35-,36-,37-,39-/m0/s1.